The molecule has 0 bridgehead atoms. The number of hydrogen-bond acceptors (Lipinski definition) is 2. The highest BCUT2D eigenvalue weighted by atomic mass is 15.1. The van der Waals surface area contributed by atoms with E-state index in [4.69, 9.17) is 5.73 Å². The lowest BCUT2D eigenvalue weighted by molar-refractivity contribution is 0.385. The van der Waals surface area contributed by atoms with Crippen molar-refractivity contribution in [1.82, 2.24) is 9.55 Å². The summed E-state index contributed by atoms with van der Waals surface area (Å²) in [5.41, 5.74) is 6.92. The number of nitrogens with zero attached hydrogens (tertiary/aromatic N) is 2. The Morgan fingerprint density at radius 2 is 2.00 bits per heavy atom. The van der Waals surface area contributed by atoms with E-state index in [9.17, 15) is 0 Å². The minimum absolute atomic E-state index is 0.621. The van der Waals surface area contributed by atoms with Gasteiger partial charge >= 0.3 is 0 Å². The van der Waals surface area contributed by atoms with Crippen LogP contribution in [-0.2, 0) is 6.54 Å². The van der Waals surface area contributed by atoms with Gasteiger partial charge in [-0.3, -0.25) is 0 Å². The Morgan fingerprint density at radius 3 is 2.50 bits per heavy atom. The molecule has 2 aliphatic carbocycles. The molecule has 0 unspecified atom stereocenters. The lowest BCUT2D eigenvalue weighted by Gasteiger charge is -2.19. The maximum absolute atomic E-state index is 5.71. The van der Waals surface area contributed by atoms with E-state index in [1.54, 1.807) is 0 Å². The number of nitrogens with two attached hydrogens (primary N) is 1. The molecule has 1 aromatic heterocycles. The monoisotopic (exact) mass is 191 g/mol. The molecular weight excluding hydrogens is 174 g/mol. The van der Waals surface area contributed by atoms with E-state index in [1.165, 1.54) is 31.4 Å². The minimum atomic E-state index is 0.621. The van der Waals surface area contributed by atoms with Gasteiger partial charge < -0.3 is 10.3 Å². The van der Waals surface area contributed by atoms with Crippen molar-refractivity contribution in [2.75, 3.05) is 0 Å². The van der Waals surface area contributed by atoms with E-state index in [-0.39, 0.29) is 0 Å². The third-order valence-corrected chi connectivity index (χ3v) is 3.49. The Bertz CT molecular complexity index is 311. The van der Waals surface area contributed by atoms with Crippen molar-refractivity contribution >= 4 is 0 Å². The van der Waals surface area contributed by atoms with Crippen LogP contribution in [-0.4, -0.2) is 9.55 Å². The molecule has 0 amide bonds. The molecule has 0 radical (unpaired) electrons. The van der Waals surface area contributed by atoms with Crippen LogP contribution in [0.3, 0.4) is 0 Å². The summed E-state index contributed by atoms with van der Waals surface area (Å²) in [7, 11) is 0. The average Bonchev–Trinajstić information content (AvgIpc) is 3.07. The van der Waals surface area contributed by atoms with Crippen LogP contribution in [0.2, 0.25) is 0 Å². The first kappa shape index (κ1) is 8.48. The van der Waals surface area contributed by atoms with E-state index in [0.29, 0.717) is 6.54 Å². The molecular formula is C11H17N3. The standard InChI is InChI=1S/C11H17N3/c12-5-10-6-13-7-14(10)11(8-1-2-8)9-3-4-9/h6-9,11H,1-5,12H2. The van der Waals surface area contributed by atoms with Crippen LogP contribution in [0.1, 0.15) is 37.4 Å². The fourth-order valence-electron chi connectivity index (χ4n) is 2.47. The van der Waals surface area contributed by atoms with Gasteiger partial charge in [-0.2, -0.15) is 0 Å². The molecule has 2 aliphatic rings. The Morgan fingerprint density at radius 1 is 1.36 bits per heavy atom. The minimum Gasteiger partial charge on any atom is -0.330 e. The van der Waals surface area contributed by atoms with Crippen molar-refractivity contribution in [1.29, 1.82) is 0 Å². The van der Waals surface area contributed by atoms with Crippen LogP contribution in [0.4, 0.5) is 0 Å². The Kier molecular flexibility index (Phi) is 1.87. The van der Waals surface area contributed by atoms with Crippen molar-refractivity contribution in [3.63, 3.8) is 0 Å². The van der Waals surface area contributed by atoms with Gasteiger partial charge in [0.15, 0.2) is 0 Å². The van der Waals surface area contributed by atoms with E-state index in [2.05, 4.69) is 9.55 Å². The van der Waals surface area contributed by atoms with Gasteiger partial charge in [-0.25, -0.2) is 4.98 Å². The Labute approximate surface area is 84.3 Å². The summed E-state index contributed by atoms with van der Waals surface area (Å²) in [4.78, 5) is 4.22. The summed E-state index contributed by atoms with van der Waals surface area (Å²) in [6, 6.07) is 0.719. The molecule has 0 saturated heterocycles. The summed E-state index contributed by atoms with van der Waals surface area (Å²) in [5, 5.41) is 0. The van der Waals surface area contributed by atoms with Gasteiger partial charge in [0.25, 0.3) is 0 Å². The van der Waals surface area contributed by atoms with E-state index in [1.807, 2.05) is 12.5 Å². The number of imidazole rings is 1. The zero-order valence-corrected chi connectivity index (χ0v) is 8.39. The lowest BCUT2D eigenvalue weighted by Crippen LogP contribution is -2.16. The van der Waals surface area contributed by atoms with Crippen LogP contribution < -0.4 is 5.73 Å². The highest BCUT2D eigenvalue weighted by Gasteiger charge is 2.42. The predicted octanol–water partition coefficient (Wildman–Crippen LogP) is 1.70. The van der Waals surface area contributed by atoms with Gasteiger partial charge in [0.2, 0.25) is 0 Å². The first-order valence-corrected chi connectivity index (χ1v) is 5.61. The summed E-state index contributed by atoms with van der Waals surface area (Å²) in [6.07, 6.45) is 9.51. The van der Waals surface area contributed by atoms with Gasteiger partial charge in [0, 0.05) is 18.8 Å². The number of hydrogen-bond donors (Lipinski definition) is 1. The van der Waals surface area contributed by atoms with E-state index in [0.717, 1.165) is 17.9 Å². The first-order valence-electron chi connectivity index (χ1n) is 5.61. The number of rotatable bonds is 4. The molecule has 3 heteroatoms. The summed E-state index contributed by atoms with van der Waals surface area (Å²) >= 11 is 0. The van der Waals surface area contributed by atoms with Crippen LogP contribution >= 0.6 is 0 Å². The van der Waals surface area contributed by atoms with Crippen LogP contribution in [0.25, 0.3) is 0 Å². The quantitative estimate of drug-likeness (QED) is 0.787. The van der Waals surface area contributed by atoms with Crippen molar-refractivity contribution in [2.45, 2.75) is 38.3 Å². The SMILES string of the molecule is NCc1cncn1C(C1CC1)C1CC1. The maximum atomic E-state index is 5.71. The molecule has 3 rings (SSSR count). The fourth-order valence-corrected chi connectivity index (χ4v) is 2.47. The molecule has 2 N–H and O–H groups in total. The second kappa shape index (κ2) is 3.09. The molecule has 2 fully saturated rings. The van der Waals surface area contributed by atoms with Gasteiger partial charge in [0.05, 0.1) is 12.0 Å². The van der Waals surface area contributed by atoms with Crippen molar-refractivity contribution in [2.24, 2.45) is 17.6 Å². The molecule has 1 aromatic rings. The third kappa shape index (κ3) is 1.36. The molecule has 76 valence electrons. The van der Waals surface area contributed by atoms with Gasteiger partial charge in [-0.15, -0.1) is 0 Å². The molecule has 0 spiro atoms. The normalized spacial score (nSPS) is 21.9. The van der Waals surface area contributed by atoms with Gasteiger partial charge in [-0.1, -0.05) is 0 Å². The van der Waals surface area contributed by atoms with Crippen LogP contribution in [0, 0.1) is 11.8 Å². The second-order valence-corrected chi connectivity index (χ2v) is 4.66. The van der Waals surface area contributed by atoms with Crippen LogP contribution in [0.5, 0.6) is 0 Å². The fraction of sp³-hybridized carbons (Fsp3) is 0.727. The highest BCUT2D eigenvalue weighted by molar-refractivity contribution is 5.05. The number of aromatic nitrogens is 2. The molecule has 0 atom stereocenters. The van der Waals surface area contributed by atoms with E-state index >= 15 is 0 Å². The highest BCUT2D eigenvalue weighted by Crippen LogP contribution is 2.52. The van der Waals surface area contributed by atoms with Crippen molar-refractivity contribution in [3.8, 4) is 0 Å². The van der Waals surface area contributed by atoms with Gasteiger partial charge in [-0.05, 0) is 37.5 Å². The predicted molar refractivity (Wildman–Crippen MR) is 54.6 cm³/mol. The average molecular weight is 191 g/mol. The molecule has 0 aliphatic heterocycles. The van der Waals surface area contributed by atoms with E-state index < -0.39 is 0 Å². The zero-order valence-electron chi connectivity index (χ0n) is 8.39. The summed E-state index contributed by atoms with van der Waals surface area (Å²) in [6.45, 7) is 0.621. The molecule has 0 aromatic carbocycles. The summed E-state index contributed by atoms with van der Waals surface area (Å²) < 4.78 is 2.34. The molecule has 2 saturated carbocycles. The van der Waals surface area contributed by atoms with Crippen molar-refractivity contribution < 1.29 is 0 Å². The Balaban J connectivity index is 1.89. The Hall–Kier alpha value is -0.830. The zero-order chi connectivity index (χ0) is 9.54. The van der Waals surface area contributed by atoms with Crippen LogP contribution in [0.15, 0.2) is 12.5 Å². The molecule has 14 heavy (non-hydrogen) atoms. The maximum Gasteiger partial charge on any atom is 0.0951 e. The van der Waals surface area contributed by atoms with Crippen molar-refractivity contribution in [3.05, 3.63) is 18.2 Å². The first-order chi connectivity index (χ1) is 6.90. The van der Waals surface area contributed by atoms with Gasteiger partial charge in [0.1, 0.15) is 0 Å². The summed E-state index contributed by atoms with van der Waals surface area (Å²) in [5.74, 6) is 1.84. The second-order valence-electron chi connectivity index (χ2n) is 4.66. The smallest absolute Gasteiger partial charge is 0.0951 e. The third-order valence-electron chi connectivity index (χ3n) is 3.49. The lowest BCUT2D eigenvalue weighted by atomic mass is 10.1. The largest absolute Gasteiger partial charge is 0.330 e. The molecule has 3 nitrogen and oxygen atoms in total. The molecule has 1 heterocycles. The topological polar surface area (TPSA) is 43.8 Å².